The van der Waals surface area contributed by atoms with Crippen LogP contribution in [-0.4, -0.2) is 56.6 Å². The lowest BCUT2D eigenvalue weighted by atomic mass is 9.88. The number of imidazole rings is 1. The number of carbonyl (C=O) groups is 2. The highest BCUT2D eigenvalue weighted by Gasteiger charge is 2.47. The standard InChI is InChI=1S/C23H30N6O3/c30-20(26-15-18-7-3-4-10-24-18)19-16-29-14-11-25-21(29)23(32-19)8-12-28(13-9-23)22(31)27-17-5-1-2-6-17/h3-4,7,10-11,14,17,19H,1-2,5-6,8-9,12-13,15-16H2,(H,26,30)(H,27,31)/t19-/m1/s1. The molecule has 1 spiro atoms. The van der Waals surface area contributed by atoms with Gasteiger partial charge in [0.05, 0.1) is 18.8 Å². The van der Waals surface area contributed by atoms with Crippen LogP contribution in [0.3, 0.4) is 0 Å². The molecular formula is C23H30N6O3. The third kappa shape index (κ3) is 4.21. The van der Waals surface area contributed by atoms with E-state index in [1.807, 2.05) is 33.9 Å². The van der Waals surface area contributed by atoms with Crippen molar-refractivity contribution in [3.63, 3.8) is 0 Å². The molecule has 2 fully saturated rings. The zero-order valence-corrected chi connectivity index (χ0v) is 18.2. The van der Waals surface area contributed by atoms with Crippen molar-refractivity contribution in [3.8, 4) is 0 Å². The van der Waals surface area contributed by atoms with E-state index in [4.69, 9.17) is 4.74 Å². The van der Waals surface area contributed by atoms with E-state index < -0.39 is 11.7 Å². The zero-order valence-electron chi connectivity index (χ0n) is 18.2. The second-order valence-electron chi connectivity index (χ2n) is 8.96. The van der Waals surface area contributed by atoms with Crippen LogP contribution in [0, 0.1) is 0 Å². The minimum Gasteiger partial charge on any atom is -0.352 e. The van der Waals surface area contributed by atoms with Crippen molar-refractivity contribution in [2.45, 2.75) is 69.4 Å². The molecule has 32 heavy (non-hydrogen) atoms. The van der Waals surface area contributed by atoms with Gasteiger partial charge in [0.1, 0.15) is 11.4 Å². The van der Waals surface area contributed by atoms with E-state index in [-0.39, 0.29) is 11.9 Å². The molecule has 2 N–H and O–H groups in total. The topological polar surface area (TPSA) is 101 Å². The monoisotopic (exact) mass is 438 g/mol. The number of piperidine rings is 1. The molecule has 4 heterocycles. The molecule has 0 aromatic carbocycles. The predicted molar refractivity (Wildman–Crippen MR) is 116 cm³/mol. The van der Waals surface area contributed by atoms with Crippen LogP contribution in [0.15, 0.2) is 36.8 Å². The summed E-state index contributed by atoms with van der Waals surface area (Å²) in [6.07, 6.45) is 10.5. The first kappa shape index (κ1) is 20.9. The Labute approximate surface area is 187 Å². The van der Waals surface area contributed by atoms with Gasteiger partial charge in [0, 0.05) is 50.6 Å². The molecule has 0 bridgehead atoms. The number of amides is 3. The summed E-state index contributed by atoms with van der Waals surface area (Å²) in [6, 6.07) is 5.94. The quantitative estimate of drug-likeness (QED) is 0.760. The molecule has 3 amide bonds. The first-order valence-electron chi connectivity index (χ1n) is 11.6. The van der Waals surface area contributed by atoms with Crippen molar-refractivity contribution >= 4 is 11.9 Å². The summed E-state index contributed by atoms with van der Waals surface area (Å²) >= 11 is 0. The van der Waals surface area contributed by atoms with Crippen LogP contribution in [0.5, 0.6) is 0 Å². The van der Waals surface area contributed by atoms with Gasteiger partial charge in [0.25, 0.3) is 5.91 Å². The molecule has 1 saturated carbocycles. The minimum atomic E-state index is -0.654. The summed E-state index contributed by atoms with van der Waals surface area (Å²) in [5.74, 6) is 0.693. The SMILES string of the molecule is O=C(NCc1ccccn1)[C@H]1Cn2ccnc2C2(CCN(C(=O)NC3CCCC3)CC2)O1. The normalized spacial score (nSPS) is 22.5. The maximum Gasteiger partial charge on any atom is 0.317 e. The molecule has 2 aromatic rings. The van der Waals surface area contributed by atoms with Crippen LogP contribution in [0.4, 0.5) is 4.79 Å². The largest absolute Gasteiger partial charge is 0.352 e. The maximum atomic E-state index is 12.9. The Kier molecular flexibility index (Phi) is 5.82. The Morgan fingerprint density at radius 2 is 1.94 bits per heavy atom. The van der Waals surface area contributed by atoms with Gasteiger partial charge < -0.3 is 24.8 Å². The van der Waals surface area contributed by atoms with Gasteiger partial charge in [0.15, 0.2) is 6.10 Å². The molecule has 1 atom stereocenters. The molecule has 2 aromatic heterocycles. The van der Waals surface area contributed by atoms with Gasteiger partial charge in [-0.2, -0.15) is 0 Å². The van der Waals surface area contributed by atoms with Crippen molar-refractivity contribution in [3.05, 3.63) is 48.3 Å². The van der Waals surface area contributed by atoms with Crippen molar-refractivity contribution in [1.82, 2.24) is 30.1 Å². The lowest BCUT2D eigenvalue weighted by Crippen LogP contribution is -2.56. The molecule has 0 radical (unpaired) electrons. The highest BCUT2D eigenvalue weighted by Crippen LogP contribution is 2.40. The van der Waals surface area contributed by atoms with Gasteiger partial charge in [-0.05, 0) is 25.0 Å². The first-order valence-corrected chi connectivity index (χ1v) is 11.6. The number of hydrogen-bond acceptors (Lipinski definition) is 5. The van der Waals surface area contributed by atoms with E-state index in [0.29, 0.717) is 45.1 Å². The lowest BCUT2D eigenvalue weighted by molar-refractivity contribution is -0.172. The minimum absolute atomic E-state index is 0.00977. The molecule has 2 aliphatic heterocycles. The maximum absolute atomic E-state index is 12.9. The molecule has 1 saturated heterocycles. The highest BCUT2D eigenvalue weighted by molar-refractivity contribution is 5.81. The number of hydrogen-bond donors (Lipinski definition) is 2. The van der Waals surface area contributed by atoms with Gasteiger partial charge in [-0.15, -0.1) is 0 Å². The number of aromatic nitrogens is 3. The van der Waals surface area contributed by atoms with E-state index >= 15 is 0 Å². The zero-order chi connectivity index (χ0) is 22.0. The highest BCUT2D eigenvalue weighted by atomic mass is 16.5. The number of nitrogens with one attached hydrogen (secondary N) is 2. The number of urea groups is 1. The molecule has 170 valence electrons. The van der Waals surface area contributed by atoms with Gasteiger partial charge in [-0.3, -0.25) is 9.78 Å². The summed E-state index contributed by atoms with van der Waals surface area (Å²) in [5, 5.41) is 6.12. The number of ether oxygens (including phenoxy) is 1. The average molecular weight is 439 g/mol. The summed E-state index contributed by atoms with van der Waals surface area (Å²) in [7, 11) is 0. The van der Waals surface area contributed by atoms with Crippen LogP contribution >= 0.6 is 0 Å². The van der Waals surface area contributed by atoms with Crippen molar-refractivity contribution in [2.75, 3.05) is 13.1 Å². The smallest absolute Gasteiger partial charge is 0.317 e. The third-order valence-corrected chi connectivity index (χ3v) is 6.86. The second kappa shape index (κ2) is 8.90. The number of rotatable bonds is 4. The molecule has 1 aliphatic carbocycles. The van der Waals surface area contributed by atoms with Crippen LogP contribution in [-0.2, 0) is 28.2 Å². The van der Waals surface area contributed by atoms with E-state index in [1.54, 1.807) is 12.4 Å². The third-order valence-electron chi connectivity index (χ3n) is 6.86. The Hall–Kier alpha value is -2.94. The molecule has 5 rings (SSSR count). The molecule has 3 aliphatic rings. The van der Waals surface area contributed by atoms with Crippen molar-refractivity contribution < 1.29 is 14.3 Å². The van der Waals surface area contributed by atoms with E-state index in [1.165, 1.54) is 12.8 Å². The van der Waals surface area contributed by atoms with E-state index in [0.717, 1.165) is 24.4 Å². The summed E-state index contributed by atoms with van der Waals surface area (Å²) in [4.78, 5) is 36.3. The summed E-state index contributed by atoms with van der Waals surface area (Å²) in [5.41, 5.74) is 0.148. The van der Waals surface area contributed by atoms with Crippen LogP contribution in [0.2, 0.25) is 0 Å². The Bertz CT molecular complexity index is 948. The molecule has 9 heteroatoms. The number of carbonyl (C=O) groups excluding carboxylic acids is 2. The fourth-order valence-electron chi connectivity index (χ4n) is 5.08. The van der Waals surface area contributed by atoms with Crippen molar-refractivity contribution in [1.29, 1.82) is 0 Å². The van der Waals surface area contributed by atoms with E-state index in [2.05, 4.69) is 20.6 Å². The number of nitrogens with zero attached hydrogens (tertiary/aromatic N) is 4. The Morgan fingerprint density at radius 1 is 1.12 bits per heavy atom. The fourth-order valence-corrected chi connectivity index (χ4v) is 5.08. The molecule has 0 unspecified atom stereocenters. The number of likely N-dealkylation sites (tertiary alicyclic amines) is 1. The lowest BCUT2D eigenvalue weighted by Gasteiger charge is -2.45. The van der Waals surface area contributed by atoms with Gasteiger partial charge >= 0.3 is 6.03 Å². The molecule has 9 nitrogen and oxygen atoms in total. The average Bonchev–Trinajstić information content (AvgIpc) is 3.51. The predicted octanol–water partition coefficient (Wildman–Crippen LogP) is 1.94. The number of fused-ring (bicyclic) bond motifs is 2. The fraction of sp³-hybridized carbons (Fsp3) is 0.565. The summed E-state index contributed by atoms with van der Waals surface area (Å²) < 4.78 is 8.45. The van der Waals surface area contributed by atoms with Gasteiger partial charge in [-0.1, -0.05) is 18.9 Å². The Balaban J connectivity index is 1.23. The summed E-state index contributed by atoms with van der Waals surface area (Å²) in [6.45, 7) is 1.94. The van der Waals surface area contributed by atoms with Crippen LogP contribution in [0.1, 0.15) is 50.0 Å². The van der Waals surface area contributed by atoms with Gasteiger partial charge in [0.2, 0.25) is 0 Å². The van der Waals surface area contributed by atoms with E-state index in [9.17, 15) is 9.59 Å². The van der Waals surface area contributed by atoms with Crippen molar-refractivity contribution in [2.24, 2.45) is 0 Å². The Morgan fingerprint density at radius 3 is 2.69 bits per heavy atom. The second-order valence-corrected chi connectivity index (χ2v) is 8.96. The first-order chi connectivity index (χ1) is 15.6. The molecular weight excluding hydrogens is 408 g/mol. The van der Waals surface area contributed by atoms with Gasteiger partial charge in [-0.25, -0.2) is 9.78 Å². The van der Waals surface area contributed by atoms with Crippen LogP contribution in [0.25, 0.3) is 0 Å². The number of pyridine rings is 1. The van der Waals surface area contributed by atoms with Crippen LogP contribution < -0.4 is 10.6 Å².